The molecule has 0 N–H and O–H groups in total. The van der Waals surface area contributed by atoms with Crippen molar-refractivity contribution in [2.75, 3.05) is 13.7 Å². The van der Waals surface area contributed by atoms with Crippen LogP contribution in [0.1, 0.15) is 20.8 Å². The minimum Gasteiger partial charge on any atom is -0.497 e. The maximum Gasteiger partial charge on any atom is 0.357 e. The Kier molecular flexibility index (Phi) is 4.90. The zero-order valence-electron chi connectivity index (χ0n) is 11.2. The first-order chi connectivity index (χ1) is 10.1. The van der Waals surface area contributed by atoms with Crippen LogP contribution in [0.15, 0.2) is 42.6 Å². The van der Waals surface area contributed by atoms with Gasteiger partial charge < -0.3 is 9.47 Å². The van der Waals surface area contributed by atoms with E-state index >= 15 is 0 Å². The summed E-state index contributed by atoms with van der Waals surface area (Å²) in [7, 11) is 1.54. The Morgan fingerprint density at radius 1 is 1.19 bits per heavy atom. The topological polar surface area (TPSA) is 65.5 Å². The first-order valence-corrected chi connectivity index (χ1v) is 6.44. The molecule has 6 heteroatoms. The fraction of sp³-hybridized carbons (Fsp3) is 0.133. The summed E-state index contributed by atoms with van der Waals surface area (Å²) in [6.45, 7) is -0.362. The molecule has 5 nitrogen and oxygen atoms in total. The van der Waals surface area contributed by atoms with Crippen LogP contribution in [0.2, 0.25) is 5.02 Å². The second kappa shape index (κ2) is 6.85. The van der Waals surface area contributed by atoms with E-state index in [9.17, 15) is 9.59 Å². The molecule has 0 fully saturated rings. The van der Waals surface area contributed by atoms with Gasteiger partial charge in [0.05, 0.1) is 7.11 Å². The minimum atomic E-state index is -0.695. The van der Waals surface area contributed by atoms with Gasteiger partial charge in [0.15, 0.2) is 12.4 Å². The molecule has 0 amide bonds. The van der Waals surface area contributed by atoms with Crippen LogP contribution >= 0.6 is 11.6 Å². The maximum atomic E-state index is 11.9. The summed E-state index contributed by atoms with van der Waals surface area (Å²) in [6, 6.07) is 9.45. The summed E-state index contributed by atoms with van der Waals surface area (Å²) >= 11 is 5.75. The Hall–Kier alpha value is -2.40. The number of halogens is 1. The Balaban J connectivity index is 1.95. The largest absolute Gasteiger partial charge is 0.497 e. The lowest BCUT2D eigenvalue weighted by molar-refractivity contribution is 0.0469. The highest BCUT2D eigenvalue weighted by Crippen LogP contribution is 2.12. The number of pyridine rings is 1. The number of Topliss-reactive ketones (excluding diaryl/α,β-unsaturated/α-hetero) is 1. The van der Waals surface area contributed by atoms with Crippen LogP contribution < -0.4 is 4.74 Å². The predicted octanol–water partition coefficient (Wildman–Crippen LogP) is 2.78. The van der Waals surface area contributed by atoms with Gasteiger partial charge in [-0.15, -0.1) is 0 Å². The number of ether oxygens (including phenoxy) is 2. The predicted molar refractivity (Wildman–Crippen MR) is 76.9 cm³/mol. The third-order valence-corrected chi connectivity index (χ3v) is 2.91. The molecule has 0 atom stereocenters. The van der Waals surface area contributed by atoms with Gasteiger partial charge in [-0.3, -0.25) is 4.79 Å². The Labute approximate surface area is 126 Å². The third kappa shape index (κ3) is 4.03. The number of benzene rings is 1. The molecule has 21 heavy (non-hydrogen) atoms. The van der Waals surface area contributed by atoms with Crippen molar-refractivity contribution < 1.29 is 19.1 Å². The van der Waals surface area contributed by atoms with E-state index in [1.807, 2.05) is 0 Å². The van der Waals surface area contributed by atoms with Crippen molar-refractivity contribution in [3.63, 3.8) is 0 Å². The SMILES string of the molecule is COc1ccc(C(=O)COC(=O)c2cc(Cl)ccn2)cc1. The Bertz CT molecular complexity index is 655. The van der Waals surface area contributed by atoms with E-state index in [0.717, 1.165) is 0 Å². The quantitative estimate of drug-likeness (QED) is 0.628. The highest BCUT2D eigenvalue weighted by molar-refractivity contribution is 6.30. The molecule has 0 saturated heterocycles. The van der Waals surface area contributed by atoms with Gasteiger partial charge in [0, 0.05) is 16.8 Å². The van der Waals surface area contributed by atoms with Crippen LogP contribution in [0.25, 0.3) is 0 Å². The second-order valence-corrected chi connectivity index (χ2v) is 4.52. The van der Waals surface area contributed by atoms with E-state index in [-0.39, 0.29) is 18.1 Å². The van der Waals surface area contributed by atoms with E-state index in [4.69, 9.17) is 21.1 Å². The van der Waals surface area contributed by atoms with Crippen LogP contribution in [0.3, 0.4) is 0 Å². The molecule has 0 aliphatic rings. The molecule has 0 spiro atoms. The lowest BCUT2D eigenvalue weighted by Gasteiger charge is -2.05. The minimum absolute atomic E-state index is 0.0602. The number of hydrogen-bond donors (Lipinski definition) is 0. The van der Waals surface area contributed by atoms with E-state index in [0.29, 0.717) is 16.3 Å². The van der Waals surface area contributed by atoms with Crippen molar-refractivity contribution in [2.45, 2.75) is 0 Å². The molecular formula is C15H12ClNO4. The smallest absolute Gasteiger partial charge is 0.357 e. The van der Waals surface area contributed by atoms with Crippen molar-refractivity contribution in [3.8, 4) is 5.75 Å². The second-order valence-electron chi connectivity index (χ2n) is 4.09. The maximum absolute atomic E-state index is 11.9. The summed E-state index contributed by atoms with van der Waals surface area (Å²) < 4.78 is 9.91. The Morgan fingerprint density at radius 3 is 2.52 bits per heavy atom. The summed E-state index contributed by atoms with van der Waals surface area (Å²) in [5.74, 6) is -0.362. The first-order valence-electron chi connectivity index (χ1n) is 6.06. The highest BCUT2D eigenvalue weighted by atomic mass is 35.5. The number of nitrogens with zero attached hydrogens (tertiary/aromatic N) is 1. The molecule has 1 heterocycles. The normalized spacial score (nSPS) is 10.0. The number of carbonyl (C=O) groups is 2. The molecule has 1 aromatic heterocycles. The average Bonchev–Trinajstić information content (AvgIpc) is 2.52. The zero-order valence-corrected chi connectivity index (χ0v) is 12.0. The van der Waals surface area contributed by atoms with Gasteiger partial charge in [-0.05, 0) is 36.4 Å². The highest BCUT2D eigenvalue weighted by Gasteiger charge is 2.13. The molecule has 1 aromatic carbocycles. The average molecular weight is 306 g/mol. The van der Waals surface area contributed by atoms with Crippen molar-refractivity contribution in [2.24, 2.45) is 0 Å². The number of esters is 1. The molecule has 2 aromatic rings. The fourth-order valence-electron chi connectivity index (χ4n) is 1.58. The number of aromatic nitrogens is 1. The standard InChI is InChI=1S/C15H12ClNO4/c1-20-12-4-2-10(3-5-12)14(18)9-21-15(19)13-8-11(16)6-7-17-13/h2-8H,9H2,1H3. The zero-order chi connectivity index (χ0) is 15.2. The number of methoxy groups -OCH3 is 1. The lowest BCUT2D eigenvalue weighted by atomic mass is 10.1. The van der Waals surface area contributed by atoms with Crippen molar-refractivity contribution >= 4 is 23.4 Å². The number of rotatable bonds is 5. The van der Waals surface area contributed by atoms with Gasteiger partial charge >= 0.3 is 5.97 Å². The summed E-state index contributed by atoms with van der Waals surface area (Å²) in [4.78, 5) is 27.4. The lowest BCUT2D eigenvalue weighted by Crippen LogP contribution is -2.15. The molecule has 108 valence electrons. The van der Waals surface area contributed by atoms with Gasteiger partial charge in [0.25, 0.3) is 0 Å². The molecule has 2 rings (SSSR count). The Morgan fingerprint density at radius 2 is 1.90 bits per heavy atom. The summed E-state index contributed by atoms with van der Waals surface area (Å²) in [6.07, 6.45) is 1.39. The van der Waals surface area contributed by atoms with Crippen molar-refractivity contribution in [1.82, 2.24) is 4.98 Å². The molecule has 0 saturated carbocycles. The van der Waals surface area contributed by atoms with Gasteiger partial charge in [-0.2, -0.15) is 0 Å². The van der Waals surface area contributed by atoms with Gasteiger partial charge in [-0.1, -0.05) is 11.6 Å². The molecule has 0 unspecified atom stereocenters. The number of carbonyl (C=O) groups excluding carboxylic acids is 2. The van der Waals surface area contributed by atoms with E-state index < -0.39 is 5.97 Å². The van der Waals surface area contributed by atoms with Crippen LogP contribution in [0.4, 0.5) is 0 Å². The molecular weight excluding hydrogens is 294 g/mol. The molecule has 0 radical (unpaired) electrons. The first kappa shape index (κ1) is 15.0. The van der Waals surface area contributed by atoms with Crippen LogP contribution in [0.5, 0.6) is 5.75 Å². The molecule has 0 bridgehead atoms. The fourth-order valence-corrected chi connectivity index (χ4v) is 1.74. The van der Waals surface area contributed by atoms with Gasteiger partial charge in [0.1, 0.15) is 11.4 Å². The van der Waals surface area contributed by atoms with Gasteiger partial charge in [0.2, 0.25) is 0 Å². The van der Waals surface area contributed by atoms with Crippen LogP contribution in [-0.4, -0.2) is 30.5 Å². The van der Waals surface area contributed by atoms with Crippen LogP contribution in [-0.2, 0) is 4.74 Å². The summed E-state index contributed by atoms with van der Waals surface area (Å²) in [5, 5.41) is 0.374. The molecule has 0 aliphatic heterocycles. The number of ketones is 1. The van der Waals surface area contributed by atoms with Crippen LogP contribution in [0, 0.1) is 0 Å². The summed E-state index contributed by atoms with van der Waals surface area (Å²) in [5.41, 5.74) is 0.493. The van der Waals surface area contributed by atoms with E-state index in [2.05, 4.69) is 4.98 Å². The van der Waals surface area contributed by atoms with Crippen molar-refractivity contribution in [3.05, 3.63) is 58.9 Å². The number of hydrogen-bond acceptors (Lipinski definition) is 5. The third-order valence-electron chi connectivity index (χ3n) is 2.68. The van der Waals surface area contributed by atoms with Crippen molar-refractivity contribution in [1.29, 1.82) is 0 Å². The monoisotopic (exact) mass is 305 g/mol. The van der Waals surface area contributed by atoms with E-state index in [1.165, 1.54) is 19.4 Å². The van der Waals surface area contributed by atoms with Gasteiger partial charge in [-0.25, -0.2) is 9.78 Å². The van der Waals surface area contributed by atoms with E-state index in [1.54, 1.807) is 30.3 Å². The molecule has 0 aliphatic carbocycles.